The Morgan fingerprint density at radius 2 is 2.10 bits per heavy atom. The molecule has 1 aliphatic rings. The average Bonchev–Trinajstić information content (AvgIpc) is 3.27. The molecule has 3 heterocycles. The average molecular weight is 420 g/mol. The van der Waals surface area contributed by atoms with Gasteiger partial charge in [-0.2, -0.15) is 23.3 Å². The fourth-order valence-corrected chi connectivity index (χ4v) is 3.19. The largest absolute Gasteiger partial charge is 0.435 e. The highest BCUT2D eigenvalue weighted by Crippen LogP contribution is 2.36. The van der Waals surface area contributed by atoms with Crippen molar-refractivity contribution < 1.29 is 22.5 Å². The van der Waals surface area contributed by atoms with Crippen molar-refractivity contribution in [3.8, 4) is 11.4 Å². The lowest BCUT2D eigenvalue weighted by Gasteiger charge is -2.24. The van der Waals surface area contributed by atoms with E-state index in [0.29, 0.717) is 17.8 Å². The second-order valence-corrected chi connectivity index (χ2v) is 7.28. The van der Waals surface area contributed by atoms with E-state index in [2.05, 4.69) is 25.5 Å². The smallest absolute Gasteiger partial charge is 0.339 e. The van der Waals surface area contributed by atoms with Crippen molar-refractivity contribution >= 4 is 5.91 Å². The Balaban J connectivity index is 1.47. The van der Waals surface area contributed by atoms with Crippen molar-refractivity contribution in [3.63, 3.8) is 0 Å². The van der Waals surface area contributed by atoms with Crippen LogP contribution in [-0.2, 0) is 13.2 Å². The van der Waals surface area contributed by atoms with Gasteiger partial charge in [0.15, 0.2) is 5.69 Å². The molecule has 3 aromatic rings. The maximum absolute atomic E-state index is 12.8. The molecular formula is C19H19F3N6O2. The van der Waals surface area contributed by atoms with Crippen LogP contribution in [0.15, 0.2) is 28.9 Å². The monoisotopic (exact) mass is 420 g/mol. The summed E-state index contributed by atoms with van der Waals surface area (Å²) in [5.41, 5.74) is 0.376. The summed E-state index contributed by atoms with van der Waals surface area (Å²) in [5, 5.41) is 9.84. The van der Waals surface area contributed by atoms with Gasteiger partial charge in [0.2, 0.25) is 11.7 Å². The molecule has 11 heteroatoms. The number of alkyl halides is 3. The molecule has 158 valence electrons. The molecule has 0 bridgehead atoms. The van der Waals surface area contributed by atoms with Gasteiger partial charge in [-0.3, -0.25) is 14.5 Å². The van der Waals surface area contributed by atoms with Crippen LogP contribution in [-0.4, -0.2) is 30.8 Å². The lowest BCUT2D eigenvalue weighted by atomic mass is 9.82. The fourth-order valence-electron chi connectivity index (χ4n) is 3.19. The number of nitrogens with zero attached hydrogens (tertiary/aromatic N) is 5. The molecular weight excluding hydrogens is 401 g/mol. The third-order valence-electron chi connectivity index (χ3n) is 5.13. The molecule has 0 spiro atoms. The first-order chi connectivity index (χ1) is 14.2. The van der Waals surface area contributed by atoms with E-state index in [1.54, 1.807) is 19.2 Å². The lowest BCUT2D eigenvalue weighted by molar-refractivity contribution is -0.141. The van der Waals surface area contributed by atoms with Crippen LogP contribution in [0.2, 0.25) is 0 Å². The van der Waals surface area contributed by atoms with Crippen LogP contribution >= 0.6 is 0 Å². The van der Waals surface area contributed by atoms with E-state index in [1.165, 1.54) is 13.5 Å². The lowest BCUT2D eigenvalue weighted by Crippen LogP contribution is -2.28. The minimum atomic E-state index is -4.63. The summed E-state index contributed by atoms with van der Waals surface area (Å²) in [6.07, 6.45) is 0.487. The van der Waals surface area contributed by atoms with Crippen LogP contribution in [0.5, 0.6) is 0 Å². The number of pyridine rings is 1. The molecule has 1 N–H and O–H groups in total. The van der Waals surface area contributed by atoms with Gasteiger partial charge < -0.3 is 9.84 Å². The number of rotatable bonds is 5. The number of halogens is 3. The van der Waals surface area contributed by atoms with Gasteiger partial charge in [0, 0.05) is 36.5 Å². The number of hydrogen-bond acceptors (Lipinski definition) is 6. The van der Waals surface area contributed by atoms with Gasteiger partial charge >= 0.3 is 6.18 Å². The van der Waals surface area contributed by atoms with E-state index in [9.17, 15) is 18.0 Å². The zero-order valence-corrected chi connectivity index (χ0v) is 16.3. The highest BCUT2D eigenvalue weighted by Gasteiger charge is 2.35. The quantitative estimate of drug-likeness (QED) is 0.677. The van der Waals surface area contributed by atoms with Crippen LogP contribution in [0.1, 0.15) is 65.9 Å². The van der Waals surface area contributed by atoms with Gasteiger partial charge in [0.1, 0.15) is 11.7 Å². The normalized spacial score (nSPS) is 15.6. The van der Waals surface area contributed by atoms with Crippen LogP contribution in [0.4, 0.5) is 13.2 Å². The van der Waals surface area contributed by atoms with E-state index in [1.807, 2.05) is 6.07 Å². The molecule has 0 saturated heterocycles. The van der Waals surface area contributed by atoms with Gasteiger partial charge in [-0.05, 0) is 31.9 Å². The summed E-state index contributed by atoms with van der Waals surface area (Å²) in [6, 6.07) is 3.68. The van der Waals surface area contributed by atoms with Crippen LogP contribution in [0.3, 0.4) is 0 Å². The third-order valence-corrected chi connectivity index (χ3v) is 5.13. The number of hydrogen-bond donors (Lipinski definition) is 1. The summed E-state index contributed by atoms with van der Waals surface area (Å²) in [6.45, 7) is 1.60. The Hall–Kier alpha value is -3.24. The van der Waals surface area contributed by atoms with Crippen molar-refractivity contribution in [2.24, 2.45) is 7.05 Å². The molecule has 1 saturated carbocycles. The Labute approximate surface area is 169 Å². The summed E-state index contributed by atoms with van der Waals surface area (Å²) >= 11 is 0. The molecule has 3 aromatic heterocycles. The molecule has 0 unspecified atom stereocenters. The fraction of sp³-hybridized carbons (Fsp3) is 0.421. The highest BCUT2D eigenvalue weighted by molar-refractivity contribution is 5.92. The van der Waals surface area contributed by atoms with E-state index in [4.69, 9.17) is 4.52 Å². The third kappa shape index (κ3) is 3.91. The predicted molar refractivity (Wildman–Crippen MR) is 98.2 cm³/mol. The van der Waals surface area contributed by atoms with Crippen LogP contribution < -0.4 is 5.32 Å². The summed E-state index contributed by atoms with van der Waals surface area (Å²) in [5.74, 6) is 0.214. The van der Waals surface area contributed by atoms with Gasteiger partial charge in [0.25, 0.3) is 5.91 Å². The Bertz CT molecular complexity index is 1070. The first kappa shape index (κ1) is 20.0. The molecule has 8 nitrogen and oxygen atoms in total. The van der Waals surface area contributed by atoms with E-state index < -0.39 is 23.8 Å². The first-order valence-corrected chi connectivity index (χ1v) is 9.44. The molecule has 1 aliphatic carbocycles. The SMILES string of the molecule is C[C@@H](NC(=O)c1cc(C(F)(F)F)nn1C)c1nc(-c2ccnc(C3CCC3)c2)no1. The molecule has 4 rings (SSSR count). The van der Waals surface area contributed by atoms with E-state index in [0.717, 1.165) is 28.8 Å². The Morgan fingerprint density at radius 1 is 1.33 bits per heavy atom. The topological polar surface area (TPSA) is 98.7 Å². The Morgan fingerprint density at radius 3 is 2.73 bits per heavy atom. The number of aromatic nitrogens is 5. The van der Waals surface area contributed by atoms with Gasteiger partial charge in [-0.1, -0.05) is 11.6 Å². The molecule has 30 heavy (non-hydrogen) atoms. The number of nitrogens with one attached hydrogen (secondary N) is 1. The molecule has 0 aliphatic heterocycles. The zero-order chi connectivity index (χ0) is 21.5. The second-order valence-electron chi connectivity index (χ2n) is 7.28. The van der Waals surface area contributed by atoms with Gasteiger partial charge in [0.05, 0.1) is 0 Å². The van der Waals surface area contributed by atoms with Crippen LogP contribution in [0.25, 0.3) is 11.4 Å². The second kappa shape index (κ2) is 7.54. The summed E-state index contributed by atoms with van der Waals surface area (Å²) < 4.78 is 44.5. The summed E-state index contributed by atoms with van der Waals surface area (Å²) in [4.78, 5) is 21.1. The number of carbonyl (C=O) groups excluding carboxylic acids is 1. The van der Waals surface area contributed by atoms with Crippen molar-refractivity contribution in [2.45, 2.75) is 44.3 Å². The number of aryl methyl sites for hydroxylation is 1. The maximum Gasteiger partial charge on any atom is 0.435 e. The van der Waals surface area contributed by atoms with Gasteiger partial charge in [-0.25, -0.2) is 0 Å². The maximum atomic E-state index is 12.8. The first-order valence-electron chi connectivity index (χ1n) is 9.44. The van der Waals surface area contributed by atoms with Crippen molar-refractivity contribution in [3.05, 3.63) is 47.4 Å². The standard InChI is InChI=1S/C19H19F3N6O2/c1-10(24-17(29)14-9-15(19(20,21)22)26-28(14)2)18-25-16(27-30-18)12-6-7-23-13(8-12)11-4-3-5-11/h6-11H,3-5H2,1-2H3,(H,24,29)/t10-/m1/s1. The van der Waals surface area contributed by atoms with Crippen molar-refractivity contribution in [1.82, 2.24) is 30.2 Å². The number of amides is 1. The predicted octanol–water partition coefficient (Wildman–Crippen LogP) is 3.64. The zero-order valence-electron chi connectivity index (χ0n) is 16.3. The highest BCUT2D eigenvalue weighted by atomic mass is 19.4. The molecule has 1 atom stereocenters. The van der Waals surface area contributed by atoms with Crippen molar-refractivity contribution in [1.29, 1.82) is 0 Å². The molecule has 0 aromatic carbocycles. The molecule has 1 fully saturated rings. The van der Waals surface area contributed by atoms with Gasteiger partial charge in [-0.15, -0.1) is 0 Å². The molecule has 0 radical (unpaired) electrons. The van der Waals surface area contributed by atoms with Crippen LogP contribution in [0, 0.1) is 0 Å². The van der Waals surface area contributed by atoms with Crippen molar-refractivity contribution in [2.75, 3.05) is 0 Å². The Kier molecular flexibility index (Phi) is 5.04. The minimum Gasteiger partial charge on any atom is -0.339 e. The number of carbonyl (C=O) groups is 1. The minimum absolute atomic E-state index is 0.138. The molecule has 1 amide bonds. The summed E-state index contributed by atoms with van der Waals surface area (Å²) in [7, 11) is 1.27. The van der Waals surface area contributed by atoms with E-state index in [-0.39, 0.29) is 11.6 Å². The van der Waals surface area contributed by atoms with E-state index >= 15 is 0 Å².